The molecule has 1 fully saturated rings. The van der Waals surface area contributed by atoms with Crippen molar-refractivity contribution in [3.8, 4) is 0 Å². The molecule has 0 aliphatic carbocycles. The van der Waals surface area contributed by atoms with Crippen molar-refractivity contribution >= 4 is 5.82 Å². The number of hydrogen-bond donors (Lipinski definition) is 2. The number of anilines is 1. The molecule has 0 aromatic carbocycles. The molecule has 1 aromatic rings. The predicted octanol–water partition coefficient (Wildman–Crippen LogP) is 0.383. The Morgan fingerprint density at radius 2 is 2.36 bits per heavy atom. The van der Waals surface area contributed by atoms with E-state index in [1.165, 1.54) is 0 Å². The molecule has 0 saturated carbocycles. The minimum atomic E-state index is -0.330. The van der Waals surface area contributed by atoms with Gasteiger partial charge in [-0.3, -0.25) is 5.10 Å². The van der Waals surface area contributed by atoms with E-state index in [1.54, 1.807) is 6.20 Å². The lowest BCUT2D eigenvalue weighted by Crippen LogP contribution is -2.31. The van der Waals surface area contributed by atoms with Gasteiger partial charge in [-0.25, -0.2) is 0 Å². The first-order valence-corrected chi connectivity index (χ1v) is 3.37. The average Bonchev–Trinajstić information content (AvgIpc) is 2.29. The molecule has 3 N–H and O–H groups in total. The largest absolute Gasteiger partial charge is 0.384 e. The van der Waals surface area contributed by atoms with Gasteiger partial charge in [-0.2, -0.15) is 5.10 Å². The summed E-state index contributed by atoms with van der Waals surface area (Å²) in [6.07, 6.45) is 1.14. The van der Waals surface area contributed by atoms with Crippen molar-refractivity contribution in [2.75, 3.05) is 5.73 Å². The monoisotopic (exact) mass is 155 g/mol. The van der Waals surface area contributed by atoms with E-state index in [9.17, 15) is 0 Å². The summed E-state index contributed by atoms with van der Waals surface area (Å²) in [5.74, 6) is 0.502. The van der Waals surface area contributed by atoms with E-state index in [1.807, 2.05) is 6.92 Å². The molecule has 1 saturated heterocycles. The summed E-state index contributed by atoms with van der Waals surface area (Å²) >= 11 is 0. The highest BCUT2D eigenvalue weighted by molar-refractivity contribution is 5.37. The van der Waals surface area contributed by atoms with Crippen LogP contribution in [0.3, 0.4) is 0 Å². The Balaban J connectivity index is 2.12. The molecular weight excluding hydrogens is 146 g/mol. The summed E-state index contributed by atoms with van der Waals surface area (Å²) in [5.41, 5.74) is 6.29. The summed E-state index contributed by atoms with van der Waals surface area (Å²) in [7, 11) is 0. The molecule has 5 heteroatoms. The number of ether oxygens (including phenoxy) is 2. The molecule has 0 atom stereocenters. The Morgan fingerprint density at radius 3 is 2.82 bits per heavy atom. The molecule has 0 amide bonds. The van der Waals surface area contributed by atoms with Crippen LogP contribution in [0.1, 0.15) is 18.8 Å². The van der Waals surface area contributed by atoms with Crippen LogP contribution >= 0.6 is 0 Å². The summed E-state index contributed by atoms with van der Waals surface area (Å²) in [5, 5.41) is 6.34. The Kier molecular flexibility index (Phi) is 1.33. The van der Waals surface area contributed by atoms with Gasteiger partial charge < -0.3 is 15.2 Å². The van der Waals surface area contributed by atoms with Crippen LogP contribution < -0.4 is 5.73 Å². The van der Waals surface area contributed by atoms with Gasteiger partial charge in [0.15, 0.2) is 12.6 Å². The van der Waals surface area contributed by atoms with Crippen molar-refractivity contribution in [3.05, 3.63) is 11.8 Å². The lowest BCUT2D eigenvalue weighted by atomic mass is 10.3. The summed E-state index contributed by atoms with van der Waals surface area (Å²) in [6.45, 7) is 1.83. The first kappa shape index (κ1) is 6.63. The van der Waals surface area contributed by atoms with Crippen LogP contribution in [0.5, 0.6) is 0 Å². The highest BCUT2D eigenvalue weighted by Gasteiger charge is 2.30. The molecule has 0 unspecified atom stereocenters. The number of nitrogens with two attached hydrogens (primary N) is 1. The zero-order valence-corrected chi connectivity index (χ0v) is 6.07. The zero-order chi connectivity index (χ0) is 7.84. The van der Waals surface area contributed by atoms with Gasteiger partial charge in [0, 0.05) is 0 Å². The van der Waals surface area contributed by atoms with Crippen LogP contribution in [0, 0.1) is 0 Å². The minimum absolute atomic E-state index is 0.130. The maximum Gasteiger partial charge on any atom is 0.194 e. The molecule has 1 aliphatic heterocycles. The van der Waals surface area contributed by atoms with E-state index in [-0.39, 0.29) is 12.6 Å². The third-order valence-electron chi connectivity index (χ3n) is 1.58. The first-order chi connectivity index (χ1) is 5.27. The molecular formula is C6H9N3O2. The van der Waals surface area contributed by atoms with Crippen molar-refractivity contribution < 1.29 is 9.47 Å². The number of aromatic nitrogens is 2. The normalized spacial score (nSPS) is 29.9. The van der Waals surface area contributed by atoms with Gasteiger partial charge in [0.1, 0.15) is 5.82 Å². The average molecular weight is 155 g/mol. The lowest BCUT2D eigenvalue weighted by Gasteiger charge is -2.33. The molecule has 5 nitrogen and oxygen atoms in total. The summed E-state index contributed by atoms with van der Waals surface area (Å²) in [6, 6.07) is 0. The van der Waals surface area contributed by atoms with Crippen LogP contribution in [0.2, 0.25) is 0 Å². The number of rotatable bonds is 1. The van der Waals surface area contributed by atoms with E-state index < -0.39 is 0 Å². The molecule has 2 rings (SSSR count). The highest BCUT2D eigenvalue weighted by atomic mass is 16.9. The molecule has 2 heterocycles. The van der Waals surface area contributed by atoms with Crippen molar-refractivity contribution in [1.29, 1.82) is 0 Å². The second kappa shape index (κ2) is 2.21. The number of aromatic amines is 1. The number of H-pyrrole nitrogens is 1. The van der Waals surface area contributed by atoms with Crippen LogP contribution in [-0.4, -0.2) is 16.5 Å². The first-order valence-electron chi connectivity index (χ1n) is 3.37. The molecule has 60 valence electrons. The molecule has 11 heavy (non-hydrogen) atoms. The lowest BCUT2D eigenvalue weighted by molar-refractivity contribution is -0.382. The van der Waals surface area contributed by atoms with Crippen molar-refractivity contribution in [1.82, 2.24) is 10.2 Å². The second-order valence-corrected chi connectivity index (χ2v) is 2.41. The third-order valence-corrected chi connectivity index (χ3v) is 1.58. The van der Waals surface area contributed by atoms with Gasteiger partial charge in [-0.15, -0.1) is 0 Å². The fraction of sp³-hybridized carbons (Fsp3) is 0.500. The smallest absolute Gasteiger partial charge is 0.194 e. The maximum absolute atomic E-state index is 5.52. The van der Waals surface area contributed by atoms with E-state index in [0.717, 1.165) is 5.56 Å². The number of hydrogen-bond acceptors (Lipinski definition) is 4. The highest BCUT2D eigenvalue weighted by Crippen LogP contribution is 2.33. The van der Waals surface area contributed by atoms with Gasteiger partial charge in [0.05, 0.1) is 11.8 Å². The van der Waals surface area contributed by atoms with Crippen LogP contribution in [0.4, 0.5) is 5.82 Å². The molecule has 0 radical (unpaired) electrons. The Labute approximate surface area is 63.5 Å². The standard InChI is InChI=1S/C6H9N3O2/c1-3-10-6(11-3)4-2-8-9-5(4)7/h2-3,6H,1H3,(H3,7,8,9). The van der Waals surface area contributed by atoms with Crippen LogP contribution in [0.15, 0.2) is 6.20 Å². The molecule has 1 aromatic heterocycles. The van der Waals surface area contributed by atoms with Gasteiger partial charge >= 0.3 is 0 Å². The van der Waals surface area contributed by atoms with E-state index in [2.05, 4.69) is 10.2 Å². The van der Waals surface area contributed by atoms with Gasteiger partial charge in [0.2, 0.25) is 0 Å². The number of nitrogen functional groups attached to an aromatic ring is 1. The quantitative estimate of drug-likeness (QED) is 0.615. The van der Waals surface area contributed by atoms with Crippen molar-refractivity contribution in [3.63, 3.8) is 0 Å². The molecule has 0 spiro atoms. The SMILES string of the molecule is CC1OC(c2cn[nH]c2N)O1. The number of nitrogens with one attached hydrogen (secondary N) is 1. The Hall–Kier alpha value is -1.07. The zero-order valence-electron chi connectivity index (χ0n) is 6.07. The van der Waals surface area contributed by atoms with E-state index >= 15 is 0 Å². The minimum Gasteiger partial charge on any atom is -0.384 e. The maximum atomic E-state index is 5.52. The molecule has 1 aliphatic rings. The van der Waals surface area contributed by atoms with Crippen LogP contribution in [-0.2, 0) is 9.47 Å². The second-order valence-electron chi connectivity index (χ2n) is 2.41. The fourth-order valence-electron chi connectivity index (χ4n) is 0.998. The predicted molar refractivity (Wildman–Crippen MR) is 37.4 cm³/mol. The fourth-order valence-corrected chi connectivity index (χ4v) is 0.998. The van der Waals surface area contributed by atoms with E-state index in [0.29, 0.717) is 5.82 Å². The Bertz CT molecular complexity index is 254. The summed E-state index contributed by atoms with van der Waals surface area (Å²) in [4.78, 5) is 0. The van der Waals surface area contributed by atoms with Crippen molar-refractivity contribution in [2.45, 2.75) is 19.5 Å². The third kappa shape index (κ3) is 0.979. The number of nitrogens with zero attached hydrogens (tertiary/aromatic N) is 1. The van der Waals surface area contributed by atoms with E-state index in [4.69, 9.17) is 15.2 Å². The van der Waals surface area contributed by atoms with Gasteiger partial charge in [-0.1, -0.05) is 0 Å². The van der Waals surface area contributed by atoms with Gasteiger partial charge in [-0.05, 0) is 6.92 Å². The van der Waals surface area contributed by atoms with Crippen LogP contribution in [0.25, 0.3) is 0 Å². The summed E-state index contributed by atoms with van der Waals surface area (Å²) < 4.78 is 10.4. The van der Waals surface area contributed by atoms with Crippen molar-refractivity contribution in [2.24, 2.45) is 0 Å². The van der Waals surface area contributed by atoms with Gasteiger partial charge in [0.25, 0.3) is 0 Å². The molecule has 0 bridgehead atoms. The topological polar surface area (TPSA) is 73.2 Å². The Morgan fingerprint density at radius 1 is 1.64 bits per heavy atom.